The number of aromatic nitrogens is 1. The van der Waals surface area contributed by atoms with Crippen molar-refractivity contribution in [1.82, 2.24) is 10.3 Å². The first-order chi connectivity index (χ1) is 8.47. The number of hydrogen-bond acceptors (Lipinski definition) is 3. The van der Waals surface area contributed by atoms with Crippen LogP contribution in [0, 0.1) is 5.92 Å². The van der Waals surface area contributed by atoms with Crippen molar-refractivity contribution in [2.75, 3.05) is 25.0 Å². The minimum Gasteiger partial charge on any atom is -0.369 e. The van der Waals surface area contributed by atoms with Crippen LogP contribution in [0.25, 0.3) is 0 Å². The topological polar surface area (TPSA) is 37.0 Å². The third kappa shape index (κ3) is 3.35. The lowest BCUT2D eigenvalue weighted by Crippen LogP contribution is -2.20. The standard InChI is InChI=1S/C11H13BrF3N3/c12-8-3-9(11(13,14)15)10(18-6-8)17-5-7-1-2-16-4-7/h3,6-7,16H,1-2,4-5H2,(H,17,18). The Hall–Kier alpha value is -0.820. The molecule has 3 nitrogen and oxygen atoms in total. The zero-order valence-electron chi connectivity index (χ0n) is 9.52. The van der Waals surface area contributed by atoms with Gasteiger partial charge in [-0.3, -0.25) is 0 Å². The molecule has 0 aliphatic carbocycles. The van der Waals surface area contributed by atoms with Gasteiger partial charge < -0.3 is 10.6 Å². The summed E-state index contributed by atoms with van der Waals surface area (Å²) in [7, 11) is 0. The molecule has 1 fully saturated rings. The molecule has 18 heavy (non-hydrogen) atoms. The highest BCUT2D eigenvalue weighted by molar-refractivity contribution is 9.10. The Bertz CT molecular complexity index is 416. The highest BCUT2D eigenvalue weighted by Gasteiger charge is 2.34. The third-order valence-electron chi connectivity index (χ3n) is 2.88. The molecule has 0 spiro atoms. The van der Waals surface area contributed by atoms with Crippen LogP contribution in [0.3, 0.4) is 0 Å². The normalized spacial score (nSPS) is 20.1. The summed E-state index contributed by atoms with van der Waals surface area (Å²) >= 11 is 3.01. The molecular formula is C11H13BrF3N3. The molecule has 1 unspecified atom stereocenters. The van der Waals surface area contributed by atoms with E-state index in [1.165, 1.54) is 6.20 Å². The molecular weight excluding hydrogens is 311 g/mol. The van der Waals surface area contributed by atoms with Crippen molar-refractivity contribution < 1.29 is 13.2 Å². The Morgan fingerprint density at radius 3 is 2.89 bits per heavy atom. The van der Waals surface area contributed by atoms with Gasteiger partial charge in [-0.2, -0.15) is 13.2 Å². The summed E-state index contributed by atoms with van der Waals surface area (Å²) in [5.41, 5.74) is -0.733. The summed E-state index contributed by atoms with van der Waals surface area (Å²) in [4.78, 5) is 3.81. The third-order valence-corrected chi connectivity index (χ3v) is 3.31. The smallest absolute Gasteiger partial charge is 0.369 e. The number of pyridine rings is 1. The van der Waals surface area contributed by atoms with Gasteiger partial charge in [0.05, 0.1) is 5.56 Å². The maximum absolute atomic E-state index is 12.8. The van der Waals surface area contributed by atoms with Crippen LogP contribution in [0.2, 0.25) is 0 Å². The number of halogens is 4. The van der Waals surface area contributed by atoms with E-state index in [1.54, 1.807) is 0 Å². The van der Waals surface area contributed by atoms with Crippen LogP contribution < -0.4 is 10.6 Å². The lowest BCUT2D eigenvalue weighted by Gasteiger charge is -2.15. The number of rotatable bonds is 3. The Kier molecular flexibility index (Phi) is 4.11. The Morgan fingerprint density at radius 1 is 1.50 bits per heavy atom. The summed E-state index contributed by atoms with van der Waals surface area (Å²) in [6.45, 7) is 2.27. The molecule has 1 aliphatic heterocycles. The molecule has 2 rings (SSSR count). The Morgan fingerprint density at radius 2 is 2.28 bits per heavy atom. The average molecular weight is 324 g/mol. The van der Waals surface area contributed by atoms with Crippen molar-refractivity contribution in [2.24, 2.45) is 5.92 Å². The zero-order chi connectivity index (χ0) is 13.2. The molecule has 100 valence electrons. The van der Waals surface area contributed by atoms with Crippen molar-refractivity contribution in [2.45, 2.75) is 12.6 Å². The average Bonchev–Trinajstić information content (AvgIpc) is 2.79. The summed E-state index contributed by atoms with van der Waals surface area (Å²) in [5.74, 6) is 0.258. The molecule has 1 aromatic heterocycles. The lowest BCUT2D eigenvalue weighted by molar-refractivity contribution is -0.137. The van der Waals surface area contributed by atoms with Crippen molar-refractivity contribution in [3.05, 3.63) is 22.3 Å². The van der Waals surface area contributed by atoms with E-state index >= 15 is 0 Å². The van der Waals surface area contributed by atoms with Gasteiger partial charge in [-0.05, 0) is 47.4 Å². The molecule has 1 atom stereocenters. The van der Waals surface area contributed by atoms with Crippen LogP contribution in [0.1, 0.15) is 12.0 Å². The molecule has 2 heterocycles. The van der Waals surface area contributed by atoms with Crippen LogP contribution >= 0.6 is 15.9 Å². The first-order valence-electron chi connectivity index (χ1n) is 5.64. The zero-order valence-corrected chi connectivity index (χ0v) is 11.1. The second-order valence-corrected chi connectivity index (χ2v) is 5.20. The monoisotopic (exact) mass is 323 g/mol. The molecule has 0 amide bonds. The van der Waals surface area contributed by atoms with E-state index in [2.05, 4.69) is 31.5 Å². The summed E-state index contributed by atoms with van der Waals surface area (Å²) in [6.07, 6.45) is -2.05. The maximum atomic E-state index is 12.8. The van der Waals surface area contributed by atoms with Gasteiger partial charge in [0.2, 0.25) is 0 Å². The van der Waals surface area contributed by atoms with Gasteiger partial charge in [-0.15, -0.1) is 0 Å². The van der Waals surface area contributed by atoms with E-state index < -0.39 is 11.7 Å². The van der Waals surface area contributed by atoms with Crippen molar-refractivity contribution in [3.63, 3.8) is 0 Å². The maximum Gasteiger partial charge on any atom is 0.419 e. The molecule has 7 heteroatoms. The summed E-state index contributed by atoms with van der Waals surface area (Å²) in [6, 6.07) is 1.04. The number of alkyl halides is 3. The lowest BCUT2D eigenvalue weighted by atomic mass is 10.1. The highest BCUT2D eigenvalue weighted by atomic mass is 79.9. The van der Waals surface area contributed by atoms with E-state index in [-0.39, 0.29) is 5.82 Å². The van der Waals surface area contributed by atoms with Gasteiger partial charge >= 0.3 is 6.18 Å². The fourth-order valence-electron chi connectivity index (χ4n) is 1.93. The van der Waals surface area contributed by atoms with Crippen LogP contribution in [-0.4, -0.2) is 24.6 Å². The SMILES string of the molecule is FC(F)(F)c1cc(Br)cnc1NCC1CCNC1. The van der Waals surface area contributed by atoms with Crippen LogP contribution in [0.4, 0.5) is 19.0 Å². The van der Waals surface area contributed by atoms with E-state index in [4.69, 9.17) is 0 Å². The molecule has 0 bridgehead atoms. The second kappa shape index (κ2) is 5.44. The molecule has 0 radical (unpaired) electrons. The highest BCUT2D eigenvalue weighted by Crippen LogP contribution is 2.35. The first-order valence-corrected chi connectivity index (χ1v) is 6.43. The van der Waals surface area contributed by atoms with E-state index in [0.717, 1.165) is 25.6 Å². The van der Waals surface area contributed by atoms with Crippen LogP contribution in [-0.2, 0) is 6.18 Å². The van der Waals surface area contributed by atoms with Gasteiger partial charge in [0, 0.05) is 17.2 Å². The van der Waals surface area contributed by atoms with Crippen molar-refractivity contribution in [1.29, 1.82) is 0 Å². The molecule has 2 N–H and O–H groups in total. The van der Waals surface area contributed by atoms with E-state index in [1.807, 2.05) is 0 Å². The Balaban J connectivity index is 2.11. The fraction of sp³-hybridized carbons (Fsp3) is 0.545. The van der Waals surface area contributed by atoms with Gasteiger partial charge in [-0.1, -0.05) is 0 Å². The van der Waals surface area contributed by atoms with Gasteiger partial charge in [0.1, 0.15) is 5.82 Å². The number of anilines is 1. The van der Waals surface area contributed by atoms with Crippen LogP contribution in [0.15, 0.2) is 16.7 Å². The van der Waals surface area contributed by atoms with E-state index in [0.29, 0.717) is 16.9 Å². The van der Waals surface area contributed by atoms with Gasteiger partial charge in [-0.25, -0.2) is 4.98 Å². The quantitative estimate of drug-likeness (QED) is 0.898. The molecule has 1 saturated heterocycles. The number of hydrogen-bond donors (Lipinski definition) is 2. The van der Waals surface area contributed by atoms with Gasteiger partial charge in [0.25, 0.3) is 0 Å². The predicted octanol–water partition coefficient (Wildman–Crippen LogP) is 2.88. The number of nitrogens with zero attached hydrogens (tertiary/aromatic N) is 1. The first kappa shape index (κ1) is 13.6. The minimum absolute atomic E-state index is 0.0994. The molecule has 1 aromatic rings. The van der Waals surface area contributed by atoms with Crippen molar-refractivity contribution >= 4 is 21.7 Å². The number of nitrogens with one attached hydrogen (secondary N) is 2. The van der Waals surface area contributed by atoms with Crippen LogP contribution in [0.5, 0.6) is 0 Å². The largest absolute Gasteiger partial charge is 0.419 e. The minimum atomic E-state index is -4.40. The summed E-state index contributed by atoms with van der Waals surface area (Å²) < 4.78 is 38.8. The summed E-state index contributed by atoms with van der Waals surface area (Å²) in [5, 5.41) is 5.97. The van der Waals surface area contributed by atoms with Crippen molar-refractivity contribution in [3.8, 4) is 0 Å². The van der Waals surface area contributed by atoms with Gasteiger partial charge in [0.15, 0.2) is 0 Å². The fourth-order valence-corrected chi connectivity index (χ4v) is 2.26. The van der Waals surface area contributed by atoms with E-state index in [9.17, 15) is 13.2 Å². The second-order valence-electron chi connectivity index (χ2n) is 4.29. The predicted molar refractivity (Wildman–Crippen MR) is 66.4 cm³/mol. The molecule has 1 aliphatic rings. The Labute approximate surface area is 111 Å². The molecule has 0 saturated carbocycles. The molecule has 0 aromatic carbocycles.